The molecule has 0 unspecified atom stereocenters. The van der Waals surface area contributed by atoms with E-state index in [0.29, 0.717) is 0 Å². The van der Waals surface area contributed by atoms with Crippen molar-refractivity contribution in [2.24, 2.45) is 0 Å². The molecule has 2 atom stereocenters. The van der Waals surface area contributed by atoms with Gasteiger partial charge in [-0.15, -0.1) is 0 Å². The monoisotopic (exact) mass is 401 g/mol. The van der Waals surface area contributed by atoms with Gasteiger partial charge in [0.05, 0.1) is 12.2 Å². The molecule has 2 N–H and O–H groups in total. The normalized spacial score (nSPS) is 18.6. The molecule has 1 amide bonds. The van der Waals surface area contributed by atoms with Gasteiger partial charge in [-0.05, 0) is 17.2 Å². The van der Waals surface area contributed by atoms with Gasteiger partial charge in [-0.2, -0.15) is 18.3 Å². The number of fused-ring (bicyclic) bond motifs is 1. The first-order valence-electron chi connectivity index (χ1n) is 9.06. The van der Waals surface area contributed by atoms with Crippen LogP contribution in [0.15, 0.2) is 61.1 Å². The molecule has 0 spiro atoms. The minimum absolute atomic E-state index is 0.0658. The SMILES string of the molecule is O=C(NCc1cccnc1)c1cnn2c1N[C@@H](c1ccccc1)C[C@@H]2C(F)(F)F. The van der Waals surface area contributed by atoms with Gasteiger partial charge >= 0.3 is 6.18 Å². The first-order chi connectivity index (χ1) is 13.9. The molecule has 6 nitrogen and oxygen atoms in total. The summed E-state index contributed by atoms with van der Waals surface area (Å²) in [6, 6.07) is 10.0. The number of anilines is 1. The fraction of sp³-hybridized carbons (Fsp3) is 0.250. The Balaban J connectivity index is 1.62. The van der Waals surface area contributed by atoms with Crippen molar-refractivity contribution in [2.75, 3.05) is 5.32 Å². The van der Waals surface area contributed by atoms with E-state index in [1.165, 1.54) is 6.20 Å². The largest absolute Gasteiger partial charge is 0.410 e. The minimum Gasteiger partial charge on any atom is -0.363 e. The number of carbonyl (C=O) groups excluding carboxylic acids is 1. The van der Waals surface area contributed by atoms with E-state index < -0.39 is 24.2 Å². The quantitative estimate of drug-likeness (QED) is 0.696. The van der Waals surface area contributed by atoms with Crippen molar-refractivity contribution in [3.05, 3.63) is 77.7 Å². The number of hydrogen-bond acceptors (Lipinski definition) is 4. The summed E-state index contributed by atoms with van der Waals surface area (Å²) in [6.45, 7) is 0.210. The van der Waals surface area contributed by atoms with Crippen molar-refractivity contribution in [2.45, 2.75) is 31.2 Å². The van der Waals surface area contributed by atoms with E-state index >= 15 is 0 Å². The average Bonchev–Trinajstić information content (AvgIpc) is 3.16. The van der Waals surface area contributed by atoms with Gasteiger partial charge < -0.3 is 10.6 Å². The molecule has 9 heteroatoms. The zero-order valence-corrected chi connectivity index (χ0v) is 15.2. The fourth-order valence-electron chi connectivity index (χ4n) is 3.41. The predicted molar refractivity (Wildman–Crippen MR) is 100 cm³/mol. The highest BCUT2D eigenvalue weighted by molar-refractivity contribution is 5.98. The van der Waals surface area contributed by atoms with Crippen molar-refractivity contribution >= 4 is 11.7 Å². The standard InChI is InChI=1S/C20H18F3N5O/c21-20(22,23)17-9-16(14-6-2-1-3-7-14)27-18-15(12-26-28(17)18)19(29)25-11-13-5-4-8-24-10-13/h1-8,10,12,16-17,27H,9,11H2,(H,25,29)/t16-,17-/m1/s1. The molecule has 0 aliphatic carbocycles. The first kappa shape index (κ1) is 19.0. The van der Waals surface area contributed by atoms with Crippen LogP contribution in [0.3, 0.4) is 0 Å². The van der Waals surface area contributed by atoms with Crippen molar-refractivity contribution in [1.29, 1.82) is 0 Å². The second-order valence-electron chi connectivity index (χ2n) is 6.80. The number of nitrogens with zero attached hydrogens (tertiary/aromatic N) is 3. The van der Waals surface area contributed by atoms with Crippen LogP contribution in [0.4, 0.5) is 19.0 Å². The molecule has 0 saturated heterocycles. The van der Waals surface area contributed by atoms with Gasteiger partial charge in [0.15, 0.2) is 6.04 Å². The molecule has 0 bridgehead atoms. The van der Waals surface area contributed by atoms with Crippen LogP contribution in [0.2, 0.25) is 0 Å². The Labute approximate surface area is 164 Å². The molecule has 1 aromatic carbocycles. The van der Waals surface area contributed by atoms with E-state index in [0.717, 1.165) is 15.8 Å². The number of rotatable bonds is 4. The highest BCUT2D eigenvalue weighted by atomic mass is 19.4. The second kappa shape index (κ2) is 7.57. The van der Waals surface area contributed by atoms with E-state index in [1.54, 1.807) is 54.9 Å². The Hall–Kier alpha value is -3.36. The van der Waals surface area contributed by atoms with Gasteiger partial charge in [0, 0.05) is 25.4 Å². The Kier molecular flexibility index (Phi) is 4.96. The molecule has 29 heavy (non-hydrogen) atoms. The number of benzene rings is 1. The number of amides is 1. The summed E-state index contributed by atoms with van der Waals surface area (Å²) in [5.74, 6) is -0.437. The van der Waals surface area contributed by atoms with E-state index in [4.69, 9.17) is 0 Å². The van der Waals surface area contributed by atoms with Crippen molar-refractivity contribution < 1.29 is 18.0 Å². The highest BCUT2D eigenvalue weighted by Crippen LogP contribution is 2.44. The zero-order valence-electron chi connectivity index (χ0n) is 15.2. The van der Waals surface area contributed by atoms with Gasteiger partial charge in [0.2, 0.25) is 0 Å². The Bertz CT molecular complexity index is 988. The third-order valence-electron chi connectivity index (χ3n) is 4.86. The number of halogens is 3. The van der Waals surface area contributed by atoms with E-state index in [2.05, 4.69) is 20.7 Å². The number of hydrogen-bond donors (Lipinski definition) is 2. The summed E-state index contributed by atoms with van der Waals surface area (Å²) in [4.78, 5) is 16.6. The van der Waals surface area contributed by atoms with Gasteiger partial charge in [0.1, 0.15) is 11.4 Å². The predicted octanol–water partition coefficient (Wildman–Crippen LogP) is 3.87. The molecule has 4 rings (SSSR count). The molecule has 1 aliphatic rings. The van der Waals surface area contributed by atoms with Crippen LogP contribution < -0.4 is 10.6 Å². The van der Waals surface area contributed by atoms with Crippen LogP contribution in [0.5, 0.6) is 0 Å². The van der Waals surface area contributed by atoms with E-state index in [-0.39, 0.29) is 24.3 Å². The molecular weight excluding hydrogens is 383 g/mol. The summed E-state index contributed by atoms with van der Waals surface area (Å²) in [7, 11) is 0. The summed E-state index contributed by atoms with van der Waals surface area (Å²) in [5, 5.41) is 9.65. The van der Waals surface area contributed by atoms with Gasteiger partial charge in [-0.1, -0.05) is 36.4 Å². The topological polar surface area (TPSA) is 71.8 Å². The lowest BCUT2D eigenvalue weighted by Gasteiger charge is -2.34. The number of pyridine rings is 1. The zero-order chi connectivity index (χ0) is 20.4. The third kappa shape index (κ3) is 3.94. The first-order valence-corrected chi connectivity index (χ1v) is 9.06. The molecule has 0 radical (unpaired) electrons. The Morgan fingerprint density at radius 3 is 2.66 bits per heavy atom. The lowest BCUT2D eigenvalue weighted by molar-refractivity contribution is -0.173. The molecule has 150 valence electrons. The minimum atomic E-state index is -4.49. The second-order valence-corrected chi connectivity index (χ2v) is 6.80. The summed E-state index contributed by atoms with van der Waals surface area (Å²) < 4.78 is 41.9. The summed E-state index contributed by atoms with van der Waals surface area (Å²) in [5.41, 5.74) is 1.57. The molecule has 0 fully saturated rings. The van der Waals surface area contributed by atoms with Gasteiger partial charge in [-0.25, -0.2) is 4.68 Å². The molecular formula is C20H18F3N5O. The number of aromatic nitrogens is 3. The van der Waals surface area contributed by atoms with Crippen LogP contribution in [0.1, 0.15) is 40.0 Å². The molecule has 2 aromatic heterocycles. The maximum absolute atomic E-state index is 13.7. The lowest BCUT2D eigenvalue weighted by atomic mass is 9.96. The van der Waals surface area contributed by atoms with Crippen LogP contribution >= 0.6 is 0 Å². The van der Waals surface area contributed by atoms with E-state index in [9.17, 15) is 18.0 Å². The lowest BCUT2D eigenvalue weighted by Crippen LogP contribution is -2.36. The van der Waals surface area contributed by atoms with Crippen molar-refractivity contribution in [1.82, 2.24) is 20.1 Å². The number of nitrogens with one attached hydrogen (secondary N) is 2. The van der Waals surface area contributed by atoms with Crippen LogP contribution in [-0.4, -0.2) is 26.8 Å². The van der Waals surface area contributed by atoms with Crippen molar-refractivity contribution in [3.8, 4) is 0 Å². The number of carbonyl (C=O) groups is 1. The Morgan fingerprint density at radius 2 is 1.97 bits per heavy atom. The van der Waals surface area contributed by atoms with Crippen LogP contribution in [0.25, 0.3) is 0 Å². The smallest absolute Gasteiger partial charge is 0.363 e. The molecule has 1 aliphatic heterocycles. The molecule has 3 heterocycles. The average molecular weight is 401 g/mol. The maximum Gasteiger partial charge on any atom is 0.410 e. The van der Waals surface area contributed by atoms with Crippen LogP contribution in [0, 0.1) is 0 Å². The van der Waals surface area contributed by atoms with Crippen LogP contribution in [-0.2, 0) is 6.54 Å². The molecule has 3 aromatic rings. The Morgan fingerprint density at radius 1 is 1.17 bits per heavy atom. The van der Waals surface area contributed by atoms with E-state index in [1.807, 2.05) is 0 Å². The van der Waals surface area contributed by atoms with Gasteiger partial charge in [-0.3, -0.25) is 9.78 Å². The maximum atomic E-state index is 13.7. The highest BCUT2D eigenvalue weighted by Gasteiger charge is 2.47. The number of alkyl halides is 3. The summed E-state index contributed by atoms with van der Waals surface area (Å²) in [6.07, 6.45) is -0.299. The fourth-order valence-corrected chi connectivity index (χ4v) is 3.41. The third-order valence-corrected chi connectivity index (χ3v) is 4.86. The summed E-state index contributed by atoms with van der Waals surface area (Å²) >= 11 is 0. The van der Waals surface area contributed by atoms with Gasteiger partial charge in [0.25, 0.3) is 5.91 Å². The van der Waals surface area contributed by atoms with Crippen molar-refractivity contribution in [3.63, 3.8) is 0 Å². The molecule has 0 saturated carbocycles.